The third kappa shape index (κ3) is 2.85. The molecule has 6 heteroatoms. The molecule has 102 valence electrons. The fourth-order valence-electron chi connectivity index (χ4n) is 1.80. The quantitative estimate of drug-likeness (QED) is 0.854. The molecule has 0 saturated carbocycles. The maximum Gasteiger partial charge on any atom is 0.171 e. The fraction of sp³-hybridized carbons (Fsp3) is 0.385. The van der Waals surface area contributed by atoms with E-state index in [0.717, 1.165) is 11.4 Å². The van der Waals surface area contributed by atoms with Crippen molar-refractivity contribution in [3.8, 4) is 11.5 Å². The maximum absolute atomic E-state index is 6.14. The molecule has 3 N–H and O–H groups in total. The Morgan fingerprint density at radius 3 is 2.74 bits per heavy atom. The van der Waals surface area contributed by atoms with Gasteiger partial charge in [-0.3, -0.25) is 5.10 Å². The van der Waals surface area contributed by atoms with Gasteiger partial charge in [-0.25, -0.2) is 4.98 Å². The van der Waals surface area contributed by atoms with Gasteiger partial charge in [0.1, 0.15) is 5.82 Å². The normalized spacial score (nSPS) is 12.2. The largest absolute Gasteiger partial charge is 0.493 e. The van der Waals surface area contributed by atoms with Gasteiger partial charge in [0.25, 0.3) is 0 Å². The second-order valence-corrected chi connectivity index (χ2v) is 4.10. The summed E-state index contributed by atoms with van der Waals surface area (Å²) in [6.45, 7) is 4.32. The Bertz CT molecular complexity index is 553. The number of aromatic nitrogens is 3. The van der Waals surface area contributed by atoms with Crippen molar-refractivity contribution >= 4 is 0 Å². The highest BCUT2D eigenvalue weighted by Crippen LogP contribution is 2.30. The van der Waals surface area contributed by atoms with Crippen LogP contribution in [0.2, 0.25) is 0 Å². The van der Waals surface area contributed by atoms with E-state index < -0.39 is 6.04 Å². The van der Waals surface area contributed by atoms with E-state index >= 15 is 0 Å². The first-order chi connectivity index (χ1) is 9.15. The minimum absolute atomic E-state index is 0.393. The average molecular weight is 262 g/mol. The molecule has 0 aliphatic carbocycles. The summed E-state index contributed by atoms with van der Waals surface area (Å²) in [5.74, 6) is 2.66. The molecule has 0 aliphatic rings. The van der Waals surface area contributed by atoms with Crippen molar-refractivity contribution in [3.63, 3.8) is 0 Å². The smallest absolute Gasteiger partial charge is 0.171 e. The molecule has 0 radical (unpaired) electrons. The van der Waals surface area contributed by atoms with E-state index in [1.54, 1.807) is 7.11 Å². The van der Waals surface area contributed by atoms with Crippen LogP contribution in [0.1, 0.15) is 30.2 Å². The molecule has 6 nitrogen and oxygen atoms in total. The first-order valence-corrected chi connectivity index (χ1v) is 6.11. The Hall–Kier alpha value is -2.08. The van der Waals surface area contributed by atoms with Crippen LogP contribution < -0.4 is 15.2 Å². The lowest BCUT2D eigenvalue weighted by atomic mass is 10.1. The molecule has 0 unspecified atom stereocenters. The van der Waals surface area contributed by atoms with Gasteiger partial charge in [0.15, 0.2) is 17.3 Å². The van der Waals surface area contributed by atoms with Gasteiger partial charge in [0, 0.05) is 0 Å². The number of methoxy groups -OCH3 is 1. The van der Waals surface area contributed by atoms with Crippen molar-refractivity contribution in [2.75, 3.05) is 13.7 Å². The van der Waals surface area contributed by atoms with Gasteiger partial charge in [-0.2, -0.15) is 5.10 Å². The van der Waals surface area contributed by atoms with Crippen LogP contribution >= 0.6 is 0 Å². The van der Waals surface area contributed by atoms with E-state index in [2.05, 4.69) is 15.2 Å². The molecule has 19 heavy (non-hydrogen) atoms. The number of H-pyrrole nitrogens is 1. The summed E-state index contributed by atoms with van der Waals surface area (Å²) in [4.78, 5) is 4.24. The van der Waals surface area contributed by atoms with Crippen molar-refractivity contribution in [2.45, 2.75) is 19.9 Å². The Labute approximate surface area is 111 Å². The standard InChI is InChI=1S/C13H18N4O2/c1-4-19-11-7-9(5-6-10(11)18-3)12(14)13-15-8(2)16-17-13/h5-7,12H,4,14H2,1-3H3,(H,15,16,17)/t12-/m1/s1. The number of aryl methyl sites for hydroxylation is 1. The van der Waals surface area contributed by atoms with Crippen molar-refractivity contribution < 1.29 is 9.47 Å². The first kappa shape index (κ1) is 13.4. The van der Waals surface area contributed by atoms with E-state index in [1.165, 1.54) is 0 Å². The van der Waals surface area contributed by atoms with Crippen molar-refractivity contribution in [1.29, 1.82) is 0 Å². The van der Waals surface area contributed by atoms with Crippen LogP contribution in [0.5, 0.6) is 11.5 Å². The molecule has 0 spiro atoms. The molecule has 1 atom stereocenters. The lowest BCUT2D eigenvalue weighted by Crippen LogP contribution is -2.14. The SMILES string of the molecule is CCOc1cc([C@@H](N)c2n[nH]c(C)n2)ccc1OC. The maximum atomic E-state index is 6.14. The highest BCUT2D eigenvalue weighted by Gasteiger charge is 2.16. The number of nitrogens with zero attached hydrogens (tertiary/aromatic N) is 2. The Kier molecular flexibility index (Phi) is 4.01. The molecule has 0 bridgehead atoms. The lowest BCUT2D eigenvalue weighted by Gasteiger charge is -2.13. The van der Waals surface area contributed by atoms with Gasteiger partial charge >= 0.3 is 0 Å². The Morgan fingerprint density at radius 1 is 1.37 bits per heavy atom. The molecule has 0 fully saturated rings. The second-order valence-electron chi connectivity index (χ2n) is 4.10. The monoisotopic (exact) mass is 262 g/mol. The Morgan fingerprint density at radius 2 is 2.16 bits per heavy atom. The molecule has 2 rings (SSSR count). The second kappa shape index (κ2) is 5.71. The number of hydrogen-bond acceptors (Lipinski definition) is 5. The number of rotatable bonds is 5. The summed E-state index contributed by atoms with van der Waals surface area (Å²) in [6.07, 6.45) is 0. The summed E-state index contributed by atoms with van der Waals surface area (Å²) >= 11 is 0. The van der Waals surface area contributed by atoms with Crippen LogP contribution in [0.15, 0.2) is 18.2 Å². The fourth-order valence-corrected chi connectivity index (χ4v) is 1.80. The minimum atomic E-state index is -0.393. The van der Waals surface area contributed by atoms with Crippen molar-refractivity contribution in [3.05, 3.63) is 35.4 Å². The number of aromatic amines is 1. The molecule has 0 saturated heterocycles. The Balaban J connectivity index is 2.31. The molecule has 0 amide bonds. The average Bonchev–Trinajstić information content (AvgIpc) is 2.85. The predicted octanol–water partition coefficient (Wildman–Crippen LogP) is 1.57. The van der Waals surface area contributed by atoms with E-state index in [1.807, 2.05) is 32.0 Å². The zero-order valence-electron chi connectivity index (χ0n) is 11.3. The summed E-state index contributed by atoms with van der Waals surface area (Å²) in [5.41, 5.74) is 7.02. The van der Waals surface area contributed by atoms with Crippen LogP contribution in [0, 0.1) is 6.92 Å². The topological polar surface area (TPSA) is 86.0 Å². The number of nitrogens with two attached hydrogens (primary N) is 1. The van der Waals surface area contributed by atoms with Crippen molar-refractivity contribution in [2.24, 2.45) is 5.73 Å². The van der Waals surface area contributed by atoms with Gasteiger partial charge in [0.05, 0.1) is 19.8 Å². The number of nitrogens with one attached hydrogen (secondary N) is 1. The predicted molar refractivity (Wildman–Crippen MR) is 71.3 cm³/mol. The van der Waals surface area contributed by atoms with Gasteiger partial charge in [-0.15, -0.1) is 0 Å². The molecule has 1 aromatic carbocycles. The number of benzene rings is 1. The van der Waals surface area contributed by atoms with Crippen LogP contribution in [0.3, 0.4) is 0 Å². The summed E-state index contributed by atoms with van der Waals surface area (Å²) in [5, 5.41) is 6.86. The zero-order chi connectivity index (χ0) is 13.8. The minimum Gasteiger partial charge on any atom is -0.493 e. The van der Waals surface area contributed by atoms with Crippen LogP contribution in [-0.2, 0) is 0 Å². The van der Waals surface area contributed by atoms with Gasteiger partial charge in [0.2, 0.25) is 0 Å². The lowest BCUT2D eigenvalue weighted by molar-refractivity contribution is 0.310. The molecule has 2 aromatic rings. The summed E-state index contributed by atoms with van der Waals surface area (Å²) < 4.78 is 10.8. The summed E-state index contributed by atoms with van der Waals surface area (Å²) in [6, 6.07) is 5.19. The highest BCUT2D eigenvalue weighted by molar-refractivity contribution is 5.44. The molecule has 1 aromatic heterocycles. The summed E-state index contributed by atoms with van der Waals surface area (Å²) in [7, 11) is 1.61. The zero-order valence-corrected chi connectivity index (χ0v) is 11.3. The van der Waals surface area contributed by atoms with Gasteiger partial charge in [-0.1, -0.05) is 6.07 Å². The number of ether oxygens (including phenoxy) is 2. The van der Waals surface area contributed by atoms with Crippen molar-refractivity contribution in [1.82, 2.24) is 15.2 Å². The molecule has 1 heterocycles. The van der Waals surface area contributed by atoms with E-state index in [9.17, 15) is 0 Å². The molecular weight excluding hydrogens is 244 g/mol. The van der Waals surface area contributed by atoms with E-state index in [-0.39, 0.29) is 0 Å². The van der Waals surface area contributed by atoms with E-state index in [0.29, 0.717) is 23.9 Å². The van der Waals surface area contributed by atoms with Gasteiger partial charge in [-0.05, 0) is 31.5 Å². The molecule has 0 aliphatic heterocycles. The number of hydrogen-bond donors (Lipinski definition) is 2. The van der Waals surface area contributed by atoms with Crippen LogP contribution in [0.4, 0.5) is 0 Å². The highest BCUT2D eigenvalue weighted by atomic mass is 16.5. The van der Waals surface area contributed by atoms with Gasteiger partial charge < -0.3 is 15.2 Å². The third-order valence-corrected chi connectivity index (χ3v) is 2.74. The third-order valence-electron chi connectivity index (χ3n) is 2.74. The van der Waals surface area contributed by atoms with Crippen LogP contribution in [-0.4, -0.2) is 28.9 Å². The molecular formula is C13H18N4O2. The van der Waals surface area contributed by atoms with Crippen LogP contribution in [0.25, 0.3) is 0 Å². The van der Waals surface area contributed by atoms with E-state index in [4.69, 9.17) is 15.2 Å². The first-order valence-electron chi connectivity index (χ1n) is 6.11.